The van der Waals surface area contributed by atoms with Gasteiger partial charge in [-0.15, -0.1) is 0 Å². The highest BCUT2D eigenvalue weighted by Crippen LogP contribution is 2.16. The average Bonchev–Trinajstić information content (AvgIpc) is 2.53. The van der Waals surface area contributed by atoms with Gasteiger partial charge in [0.25, 0.3) is 0 Å². The van der Waals surface area contributed by atoms with Gasteiger partial charge in [-0.2, -0.15) is 8.42 Å². The van der Waals surface area contributed by atoms with Crippen LogP contribution in [0.25, 0.3) is 0 Å². The molecule has 6 heteroatoms. The summed E-state index contributed by atoms with van der Waals surface area (Å²) in [5.41, 5.74) is 0. The molecule has 0 aromatic heterocycles. The van der Waals surface area contributed by atoms with Crippen LogP contribution in [0.3, 0.4) is 0 Å². The highest BCUT2D eigenvalue weighted by molar-refractivity contribution is 7.80. The number of rotatable bonds is 13. The zero-order chi connectivity index (χ0) is 18.2. The van der Waals surface area contributed by atoms with Crippen LogP contribution < -0.4 is 0 Å². The van der Waals surface area contributed by atoms with E-state index in [1.54, 1.807) is 0 Å². The van der Waals surface area contributed by atoms with Crippen molar-refractivity contribution in [3.05, 3.63) is 0 Å². The predicted molar refractivity (Wildman–Crippen MR) is 97.9 cm³/mol. The van der Waals surface area contributed by atoms with Gasteiger partial charge in [0.2, 0.25) is 0 Å². The van der Waals surface area contributed by atoms with Crippen LogP contribution in [-0.4, -0.2) is 50.7 Å². The van der Waals surface area contributed by atoms with Gasteiger partial charge < -0.3 is 4.48 Å². The molecule has 0 spiro atoms. The molecule has 142 valence electrons. The SMILES string of the molecule is CCCC[N+](CCCC)(CCCC)CCCC.COS(=O)(=O)O. The number of nitrogens with zero attached hydrogens (tertiary/aromatic N) is 1. The molecule has 0 amide bonds. The van der Waals surface area contributed by atoms with E-state index >= 15 is 0 Å². The lowest BCUT2D eigenvalue weighted by Gasteiger charge is -2.39. The van der Waals surface area contributed by atoms with Gasteiger partial charge in [0, 0.05) is 0 Å². The van der Waals surface area contributed by atoms with Crippen molar-refractivity contribution in [2.75, 3.05) is 33.3 Å². The van der Waals surface area contributed by atoms with Gasteiger partial charge in [-0.3, -0.25) is 8.74 Å². The van der Waals surface area contributed by atoms with Gasteiger partial charge >= 0.3 is 10.4 Å². The van der Waals surface area contributed by atoms with Gasteiger partial charge in [-0.05, 0) is 25.7 Å². The Bertz CT molecular complexity index is 307. The zero-order valence-corrected chi connectivity index (χ0v) is 16.8. The Morgan fingerprint density at radius 1 is 0.739 bits per heavy atom. The Labute approximate surface area is 145 Å². The lowest BCUT2D eigenvalue weighted by atomic mass is 10.1. The molecule has 0 radical (unpaired) electrons. The Morgan fingerprint density at radius 3 is 1.09 bits per heavy atom. The molecule has 0 aliphatic rings. The summed E-state index contributed by atoms with van der Waals surface area (Å²) in [7, 11) is -3.29. The second kappa shape index (κ2) is 15.4. The maximum atomic E-state index is 9.33. The fourth-order valence-electron chi connectivity index (χ4n) is 2.64. The first-order valence-electron chi connectivity index (χ1n) is 9.18. The summed E-state index contributed by atoms with van der Waals surface area (Å²) >= 11 is 0. The first kappa shape index (κ1) is 25.1. The molecule has 0 aromatic rings. The molecular formula is C17H40NO4S+. The van der Waals surface area contributed by atoms with Crippen molar-refractivity contribution < 1.29 is 21.6 Å². The van der Waals surface area contributed by atoms with Crippen LogP contribution in [0.5, 0.6) is 0 Å². The predicted octanol–water partition coefficient (Wildman–Crippen LogP) is 4.44. The Kier molecular flexibility index (Phi) is 16.7. The van der Waals surface area contributed by atoms with E-state index in [9.17, 15) is 8.42 Å². The summed E-state index contributed by atoms with van der Waals surface area (Å²) in [6.07, 6.45) is 11.1. The third kappa shape index (κ3) is 16.5. The molecule has 0 unspecified atom stereocenters. The van der Waals surface area contributed by atoms with Crippen LogP contribution >= 0.6 is 0 Å². The quantitative estimate of drug-likeness (QED) is 0.392. The molecule has 0 bridgehead atoms. The van der Waals surface area contributed by atoms with Crippen molar-refractivity contribution in [2.24, 2.45) is 0 Å². The fourth-order valence-corrected chi connectivity index (χ4v) is 2.64. The van der Waals surface area contributed by atoms with Crippen LogP contribution in [0.4, 0.5) is 0 Å². The lowest BCUT2D eigenvalue weighted by Crippen LogP contribution is -2.50. The summed E-state index contributed by atoms with van der Waals surface area (Å²) in [4.78, 5) is 0. The first-order valence-corrected chi connectivity index (χ1v) is 10.5. The van der Waals surface area contributed by atoms with E-state index in [1.165, 1.54) is 82.0 Å². The molecule has 23 heavy (non-hydrogen) atoms. The maximum absolute atomic E-state index is 9.33. The Balaban J connectivity index is 0. The molecular weight excluding hydrogens is 314 g/mol. The largest absolute Gasteiger partial charge is 0.397 e. The van der Waals surface area contributed by atoms with Crippen LogP contribution in [0.2, 0.25) is 0 Å². The van der Waals surface area contributed by atoms with Crippen molar-refractivity contribution in [2.45, 2.75) is 79.1 Å². The topological polar surface area (TPSA) is 63.6 Å². The molecule has 0 aliphatic carbocycles. The van der Waals surface area contributed by atoms with Crippen molar-refractivity contribution in [1.29, 1.82) is 0 Å². The van der Waals surface area contributed by atoms with E-state index in [0.29, 0.717) is 0 Å². The second-order valence-corrected chi connectivity index (χ2v) is 7.43. The highest BCUT2D eigenvalue weighted by atomic mass is 32.3. The Morgan fingerprint density at radius 2 is 0.957 bits per heavy atom. The third-order valence-electron chi connectivity index (χ3n) is 4.15. The van der Waals surface area contributed by atoms with Gasteiger partial charge in [0.05, 0.1) is 33.3 Å². The van der Waals surface area contributed by atoms with E-state index in [0.717, 1.165) is 7.11 Å². The van der Waals surface area contributed by atoms with Crippen LogP contribution in [0.1, 0.15) is 79.1 Å². The van der Waals surface area contributed by atoms with Gasteiger partial charge in [-0.1, -0.05) is 53.4 Å². The van der Waals surface area contributed by atoms with E-state index in [-0.39, 0.29) is 0 Å². The van der Waals surface area contributed by atoms with Crippen molar-refractivity contribution in [3.63, 3.8) is 0 Å². The number of unbranched alkanes of at least 4 members (excludes halogenated alkanes) is 4. The number of hydrogen-bond donors (Lipinski definition) is 1. The summed E-state index contributed by atoms with van der Waals surface area (Å²) in [5, 5.41) is 0. The smallest absolute Gasteiger partial charge is 0.324 e. The van der Waals surface area contributed by atoms with E-state index in [1.807, 2.05) is 0 Å². The minimum atomic E-state index is -4.16. The van der Waals surface area contributed by atoms with E-state index < -0.39 is 10.4 Å². The standard InChI is InChI=1S/C16H36N.CH4O4S/c1-5-9-13-17(14-10-6-2,15-11-7-3)16-12-8-4;1-5-6(2,3)4/h5-16H2,1-4H3;1H3,(H,2,3,4)/q+1;. The highest BCUT2D eigenvalue weighted by Gasteiger charge is 2.24. The van der Waals surface area contributed by atoms with E-state index in [4.69, 9.17) is 4.55 Å². The van der Waals surface area contributed by atoms with Crippen LogP contribution in [0, 0.1) is 0 Å². The maximum Gasteiger partial charge on any atom is 0.397 e. The normalized spacial score (nSPS) is 11.9. The summed E-state index contributed by atoms with van der Waals surface area (Å²) in [6.45, 7) is 15.0. The van der Waals surface area contributed by atoms with Crippen molar-refractivity contribution in [1.82, 2.24) is 0 Å². The molecule has 0 atom stereocenters. The molecule has 0 aliphatic heterocycles. The van der Waals surface area contributed by atoms with Crippen molar-refractivity contribution >= 4 is 10.4 Å². The zero-order valence-electron chi connectivity index (χ0n) is 16.0. The van der Waals surface area contributed by atoms with Crippen molar-refractivity contribution in [3.8, 4) is 0 Å². The summed E-state index contributed by atoms with van der Waals surface area (Å²) in [6, 6.07) is 0. The van der Waals surface area contributed by atoms with Gasteiger partial charge in [0.15, 0.2) is 0 Å². The molecule has 5 nitrogen and oxygen atoms in total. The van der Waals surface area contributed by atoms with Crippen LogP contribution in [-0.2, 0) is 14.6 Å². The summed E-state index contributed by atoms with van der Waals surface area (Å²) in [5.74, 6) is 0. The molecule has 0 saturated heterocycles. The summed E-state index contributed by atoms with van der Waals surface area (Å²) < 4.78 is 31.1. The number of hydrogen-bond acceptors (Lipinski definition) is 3. The molecule has 0 fully saturated rings. The third-order valence-corrected chi connectivity index (χ3v) is 4.58. The fraction of sp³-hybridized carbons (Fsp3) is 1.00. The molecule has 0 aromatic carbocycles. The van der Waals surface area contributed by atoms with Gasteiger partial charge in [0.1, 0.15) is 0 Å². The lowest BCUT2D eigenvalue weighted by molar-refractivity contribution is -0.929. The molecule has 0 heterocycles. The molecule has 0 rings (SSSR count). The number of quaternary nitrogens is 1. The minimum Gasteiger partial charge on any atom is -0.324 e. The van der Waals surface area contributed by atoms with Crippen LogP contribution in [0.15, 0.2) is 0 Å². The first-order chi connectivity index (χ1) is 10.8. The molecule has 1 N–H and O–H groups in total. The monoisotopic (exact) mass is 354 g/mol. The molecule has 0 saturated carbocycles. The minimum absolute atomic E-state index is 0.870. The van der Waals surface area contributed by atoms with Gasteiger partial charge in [-0.25, -0.2) is 0 Å². The second-order valence-electron chi connectivity index (χ2n) is 6.24. The Hall–Kier alpha value is -0.170. The van der Waals surface area contributed by atoms with E-state index in [2.05, 4.69) is 31.9 Å². The average molecular weight is 355 g/mol.